The van der Waals surface area contributed by atoms with E-state index in [-0.39, 0.29) is 5.41 Å². The smallest absolute Gasteiger partial charge is 0.0209 e. The summed E-state index contributed by atoms with van der Waals surface area (Å²) in [5.41, 5.74) is 13.8. The van der Waals surface area contributed by atoms with Crippen molar-refractivity contribution >= 4 is 0 Å². The zero-order valence-corrected chi connectivity index (χ0v) is 18.6. The Kier molecular flexibility index (Phi) is 5.69. The van der Waals surface area contributed by atoms with Gasteiger partial charge in [-0.2, -0.15) is 0 Å². The van der Waals surface area contributed by atoms with Gasteiger partial charge in [-0.15, -0.1) is 0 Å². The number of hydrogen-bond donors (Lipinski definition) is 2. The lowest BCUT2D eigenvalue weighted by atomic mass is 9.54. The summed E-state index contributed by atoms with van der Waals surface area (Å²) in [6.45, 7) is 1.11. The van der Waals surface area contributed by atoms with E-state index in [0.717, 1.165) is 6.54 Å². The van der Waals surface area contributed by atoms with E-state index in [1.807, 2.05) is 6.07 Å². The van der Waals surface area contributed by atoms with Gasteiger partial charge >= 0.3 is 0 Å². The van der Waals surface area contributed by atoms with Crippen LogP contribution >= 0.6 is 0 Å². The standard InChI is InChI=1S/C20H23N.C9H11N/c1-21-14-6-12-20-13-11-15(16-7-2-4-9-18(16)20)17-8-3-5-10-19(17)20;10-9-6-8(9)7-4-2-1-3-5-7/h2-5,7-10,15,21H,6,11-14H2,1H3;1-5,8-9H,6,10H2/t;8-,9+/m.0/s1. The van der Waals surface area contributed by atoms with Crippen LogP contribution in [0.25, 0.3) is 0 Å². The average molecular weight is 411 g/mol. The zero-order valence-electron chi connectivity index (χ0n) is 18.6. The van der Waals surface area contributed by atoms with Crippen LogP contribution in [-0.4, -0.2) is 19.6 Å². The highest BCUT2D eigenvalue weighted by molar-refractivity contribution is 5.58. The second-order valence-electron chi connectivity index (χ2n) is 9.47. The van der Waals surface area contributed by atoms with E-state index in [1.54, 1.807) is 22.3 Å². The fourth-order valence-corrected chi connectivity index (χ4v) is 6.02. The number of benzene rings is 3. The van der Waals surface area contributed by atoms with Gasteiger partial charge in [-0.1, -0.05) is 78.9 Å². The molecule has 0 aliphatic heterocycles. The minimum atomic E-state index is 0.263. The number of rotatable bonds is 5. The molecule has 0 heterocycles. The van der Waals surface area contributed by atoms with Crippen molar-refractivity contribution in [2.75, 3.05) is 13.6 Å². The lowest BCUT2D eigenvalue weighted by Gasteiger charge is -2.50. The molecule has 2 atom stereocenters. The molecule has 0 radical (unpaired) electrons. The van der Waals surface area contributed by atoms with Crippen molar-refractivity contribution in [2.24, 2.45) is 5.73 Å². The van der Waals surface area contributed by atoms with Crippen LogP contribution in [0.15, 0.2) is 78.9 Å². The van der Waals surface area contributed by atoms with Gasteiger partial charge in [-0.25, -0.2) is 0 Å². The van der Waals surface area contributed by atoms with Crippen molar-refractivity contribution in [1.82, 2.24) is 5.32 Å². The van der Waals surface area contributed by atoms with Gasteiger partial charge in [0.05, 0.1) is 0 Å². The van der Waals surface area contributed by atoms with Gasteiger partial charge in [-0.05, 0) is 73.5 Å². The van der Waals surface area contributed by atoms with Crippen LogP contribution in [0.1, 0.15) is 71.8 Å². The van der Waals surface area contributed by atoms with Gasteiger partial charge in [0, 0.05) is 23.3 Å². The molecule has 3 aromatic rings. The summed E-state index contributed by atoms with van der Waals surface area (Å²) in [5.74, 6) is 1.28. The van der Waals surface area contributed by atoms with Crippen molar-refractivity contribution < 1.29 is 0 Å². The Balaban J connectivity index is 0.000000171. The predicted molar refractivity (Wildman–Crippen MR) is 130 cm³/mol. The molecule has 0 aromatic heterocycles. The first kappa shape index (κ1) is 20.5. The highest BCUT2D eigenvalue weighted by Crippen LogP contribution is 2.57. The maximum atomic E-state index is 5.70. The van der Waals surface area contributed by atoms with Crippen molar-refractivity contribution in [2.45, 2.75) is 55.4 Å². The molecule has 0 amide bonds. The van der Waals surface area contributed by atoms with E-state index in [4.69, 9.17) is 5.73 Å². The summed E-state index contributed by atoms with van der Waals surface area (Å²) >= 11 is 0. The first-order chi connectivity index (χ1) is 15.2. The lowest BCUT2D eigenvalue weighted by molar-refractivity contribution is 0.341. The summed E-state index contributed by atoms with van der Waals surface area (Å²) in [5, 5.41) is 3.31. The second kappa shape index (κ2) is 8.61. The SMILES string of the molecule is CNCCCC12CCC(c3ccccc31)c1ccccc12.N[C@@H]1C[C@H]1c1ccccc1. The monoisotopic (exact) mass is 410 g/mol. The van der Waals surface area contributed by atoms with E-state index in [9.17, 15) is 0 Å². The predicted octanol–water partition coefficient (Wildman–Crippen LogP) is 5.71. The normalized spacial score (nSPS) is 27.0. The molecular formula is C29H34N2. The third-order valence-electron chi connectivity index (χ3n) is 7.66. The Morgan fingerprint density at radius 2 is 1.45 bits per heavy atom. The third kappa shape index (κ3) is 3.73. The Morgan fingerprint density at radius 1 is 0.871 bits per heavy atom. The fourth-order valence-electron chi connectivity index (χ4n) is 6.02. The summed E-state index contributed by atoms with van der Waals surface area (Å²) in [6.07, 6.45) is 6.30. The summed E-state index contributed by atoms with van der Waals surface area (Å²) in [6, 6.07) is 29.3. The molecule has 31 heavy (non-hydrogen) atoms. The first-order valence-electron chi connectivity index (χ1n) is 11.9. The number of nitrogens with two attached hydrogens (primary N) is 1. The number of hydrogen-bond acceptors (Lipinski definition) is 2. The molecule has 0 spiro atoms. The summed E-state index contributed by atoms with van der Waals surface area (Å²) in [7, 11) is 2.05. The molecule has 3 N–H and O–H groups in total. The fraction of sp³-hybridized carbons (Fsp3) is 0.379. The van der Waals surface area contributed by atoms with E-state index < -0.39 is 0 Å². The molecular weight excluding hydrogens is 376 g/mol. The van der Waals surface area contributed by atoms with Crippen LogP contribution in [0.5, 0.6) is 0 Å². The van der Waals surface area contributed by atoms with Crippen molar-refractivity contribution in [3.8, 4) is 0 Å². The lowest BCUT2D eigenvalue weighted by Crippen LogP contribution is -2.40. The van der Waals surface area contributed by atoms with Crippen LogP contribution in [0.3, 0.4) is 0 Å². The van der Waals surface area contributed by atoms with Gasteiger partial charge < -0.3 is 11.1 Å². The minimum Gasteiger partial charge on any atom is -0.327 e. The van der Waals surface area contributed by atoms with Gasteiger partial charge in [-0.3, -0.25) is 0 Å². The zero-order chi connectivity index (χ0) is 21.3. The topological polar surface area (TPSA) is 38.0 Å². The average Bonchev–Trinajstić information content (AvgIpc) is 3.57. The van der Waals surface area contributed by atoms with E-state index in [1.165, 1.54) is 37.7 Å². The molecule has 2 nitrogen and oxygen atoms in total. The highest BCUT2D eigenvalue weighted by Gasteiger charge is 2.47. The van der Waals surface area contributed by atoms with E-state index in [0.29, 0.717) is 17.9 Å². The van der Waals surface area contributed by atoms with Crippen molar-refractivity contribution in [3.05, 3.63) is 107 Å². The van der Waals surface area contributed by atoms with Crippen LogP contribution in [-0.2, 0) is 5.41 Å². The first-order valence-corrected chi connectivity index (χ1v) is 11.9. The third-order valence-corrected chi connectivity index (χ3v) is 7.66. The summed E-state index contributed by atoms with van der Waals surface area (Å²) in [4.78, 5) is 0. The molecule has 4 aliphatic rings. The molecule has 2 heteroatoms. The second-order valence-corrected chi connectivity index (χ2v) is 9.47. The van der Waals surface area contributed by atoms with Crippen LogP contribution in [0.4, 0.5) is 0 Å². The Hall–Kier alpha value is -2.42. The highest BCUT2D eigenvalue weighted by atomic mass is 14.8. The number of fused-ring (bicyclic) bond motifs is 1. The molecule has 0 saturated heterocycles. The van der Waals surface area contributed by atoms with E-state index >= 15 is 0 Å². The number of nitrogens with one attached hydrogen (secondary N) is 1. The molecule has 160 valence electrons. The largest absolute Gasteiger partial charge is 0.327 e. The minimum absolute atomic E-state index is 0.263. The molecule has 0 unspecified atom stereocenters. The van der Waals surface area contributed by atoms with Crippen LogP contribution in [0.2, 0.25) is 0 Å². The molecule has 2 bridgehead atoms. The molecule has 7 rings (SSSR count). The molecule has 1 fully saturated rings. The Morgan fingerprint density at radius 3 is 2.03 bits per heavy atom. The van der Waals surface area contributed by atoms with Crippen molar-refractivity contribution in [3.63, 3.8) is 0 Å². The Bertz CT molecular complexity index is 978. The van der Waals surface area contributed by atoms with Crippen molar-refractivity contribution in [1.29, 1.82) is 0 Å². The van der Waals surface area contributed by atoms with Crippen LogP contribution in [0, 0.1) is 0 Å². The quantitative estimate of drug-likeness (QED) is 0.529. The maximum absolute atomic E-state index is 5.70. The molecule has 1 saturated carbocycles. The summed E-state index contributed by atoms with van der Waals surface area (Å²) < 4.78 is 0. The van der Waals surface area contributed by atoms with Crippen LogP contribution < -0.4 is 11.1 Å². The Labute approximate surface area is 186 Å². The molecule has 4 aliphatic carbocycles. The van der Waals surface area contributed by atoms with Gasteiger partial charge in [0.2, 0.25) is 0 Å². The van der Waals surface area contributed by atoms with Gasteiger partial charge in [0.25, 0.3) is 0 Å². The van der Waals surface area contributed by atoms with Gasteiger partial charge in [0.1, 0.15) is 0 Å². The van der Waals surface area contributed by atoms with Gasteiger partial charge in [0.15, 0.2) is 0 Å². The van der Waals surface area contributed by atoms with E-state index in [2.05, 4.69) is 85.2 Å². The molecule has 3 aromatic carbocycles. The maximum Gasteiger partial charge on any atom is 0.0209 e.